The summed E-state index contributed by atoms with van der Waals surface area (Å²) in [5, 5.41) is 12.6. The first-order valence-corrected chi connectivity index (χ1v) is 11.6. The summed E-state index contributed by atoms with van der Waals surface area (Å²) in [4.78, 5) is 2.55. The van der Waals surface area contributed by atoms with E-state index in [0.717, 1.165) is 28.3 Å². The lowest BCUT2D eigenvalue weighted by Crippen LogP contribution is -2.34. The number of hydrogen-bond donors (Lipinski definition) is 1. The van der Waals surface area contributed by atoms with Gasteiger partial charge in [0.15, 0.2) is 5.88 Å². The van der Waals surface area contributed by atoms with E-state index in [1.165, 1.54) is 56.6 Å². The number of piperidine rings is 1. The van der Waals surface area contributed by atoms with E-state index in [0.29, 0.717) is 12.5 Å². The maximum atomic E-state index is 12.4. The van der Waals surface area contributed by atoms with E-state index >= 15 is 0 Å². The lowest BCUT2D eigenvalue weighted by atomic mass is 9.89. The largest absolute Gasteiger partial charge is 0.573 e. The van der Waals surface area contributed by atoms with Crippen LogP contribution in [0.1, 0.15) is 42.9 Å². The van der Waals surface area contributed by atoms with Gasteiger partial charge in [-0.25, -0.2) is 0 Å². The molecule has 2 heterocycles. The molecule has 0 bridgehead atoms. The Bertz CT molecular complexity index is 1080. The monoisotopic (exact) mass is 460 g/mol. The van der Waals surface area contributed by atoms with E-state index in [1.54, 1.807) is 16.7 Å². The second kappa shape index (κ2) is 9.67. The summed E-state index contributed by atoms with van der Waals surface area (Å²) < 4.78 is 42.8. The van der Waals surface area contributed by atoms with Crippen LogP contribution in [0.25, 0.3) is 10.8 Å². The fraction of sp³-hybridized carbons (Fsp3) is 0.462. The first-order valence-electron chi connectivity index (χ1n) is 11.6. The fourth-order valence-electron chi connectivity index (χ4n) is 4.97. The van der Waals surface area contributed by atoms with Crippen LogP contribution < -0.4 is 4.74 Å². The average molecular weight is 461 g/mol. The van der Waals surface area contributed by atoms with Gasteiger partial charge in [0.25, 0.3) is 0 Å². The highest BCUT2D eigenvalue weighted by atomic mass is 19.4. The molecule has 0 unspecified atom stereocenters. The normalized spacial score (nSPS) is 15.9. The van der Waals surface area contributed by atoms with Crippen molar-refractivity contribution in [2.75, 3.05) is 19.6 Å². The van der Waals surface area contributed by atoms with Crippen LogP contribution in [-0.2, 0) is 13.0 Å². The van der Waals surface area contributed by atoms with Crippen LogP contribution in [0.3, 0.4) is 0 Å². The van der Waals surface area contributed by atoms with E-state index < -0.39 is 6.36 Å². The molecule has 3 aromatic rings. The number of aryl methyl sites for hydroxylation is 1. The van der Waals surface area contributed by atoms with Gasteiger partial charge in [-0.3, -0.25) is 0 Å². The van der Waals surface area contributed by atoms with Crippen molar-refractivity contribution in [3.63, 3.8) is 0 Å². The molecular weight excluding hydrogens is 429 g/mol. The Morgan fingerprint density at radius 1 is 1.06 bits per heavy atom. The third kappa shape index (κ3) is 5.82. The third-order valence-corrected chi connectivity index (χ3v) is 6.50. The van der Waals surface area contributed by atoms with Gasteiger partial charge >= 0.3 is 6.36 Å². The van der Waals surface area contributed by atoms with Gasteiger partial charge in [0.2, 0.25) is 0 Å². The molecule has 178 valence electrons. The zero-order chi connectivity index (χ0) is 23.6. The lowest BCUT2D eigenvalue weighted by molar-refractivity contribution is -0.274. The smallest absolute Gasteiger partial charge is 0.494 e. The predicted molar refractivity (Wildman–Crippen MR) is 124 cm³/mol. The Morgan fingerprint density at radius 2 is 1.76 bits per heavy atom. The second-order valence-corrected chi connectivity index (χ2v) is 9.14. The Hall–Kier alpha value is -2.67. The van der Waals surface area contributed by atoms with Crippen molar-refractivity contribution in [1.82, 2.24) is 9.47 Å². The quantitative estimate of drug-likeness (QED) is 0.452. The SMILES string of the molecule is CCCN1CCC(Cc2cc(C)c3c(O)n(Cc4ccc(OC(F)(F)F)cc4)cc3c2)CC1. The molecule has 1 fully saturated rings. The zero-order valence-electron chi connectivity index (χ0n) is 19.2. The van der Waals surface area contributed by atoms with Crippen LogP contribution in [0.2, 0.25) is 0 Å². The molecule has 0 radical (unpaired) electrons. The summed E-state index contributed by atoms with van der Waals surface area (Å²) in [6.45, 7) is 8.12. The highest BCUT2D eigenvalue weighted by Crippen LogP contribution is 2.33. The van der Waals surface area contributed by atoms with Gasteiger partial charge in [0.05, 0.1) is 6.54 Å². The minimum absolute atomic E-state index is 0.178. The number of benzene rings is 2. The number of rotatable bonds is 7. The number of ether oxygens (including phenoxy) is 1. The predicted octanol–water partition coefficient (Wildman–Crippen LogP) is 6.27. The molecule has 1 N–H and O–H groups in total. The minimum atomic E-state index is -4.71. The number of halogens is 3. The maximum absolute atomic E-state index is 12.4. The van der Waals surface area contributed by atoms with E-state index in [4.69, 9.17) is 0 Å². The molecule has 4 nitrogen and oxygen atoms in total. The van der Waals surface area contributed by atoms with E-state index in [9.17, 15) is 18.3 Å². The summed E-state index contributed by atoms with van der Waals surface area (Å²) >= 11 is 0. The van der Waals surface area contributed by atoms with Gasteiger partial charge in [-0.05, 0) is 93.0 Å². The van der Waals surface area contributed by atoms with Crippen molar-refractivity contribution < 1.29 is 23.0 Å². The average Bonchev–Trinajstić information content (AvgIpc) is 3.05. The number of aromatic nitrogens is 1. The van der Waals surface area contributed by atoms with Gasteiger partial charge in [0.1, 0.15) is 5.75 Å². The lowest BCUT2D eigenvalue weighted by Gasteiger charge is -2.31. The standard InChI is InChI=1S/C26H31F3N2O2/c1-3-10-30-11-8-19(9-12-30)14-21-13-18(2)24-22(15-21)17-31(25(24)32)16-20-4-6-23(7-5-20)33-26(27,28)29/h4-7,13,15,17,19,32H,3,8-12,14,16H2,1-2H3. The Labute approximate surface area is 192 Å². The summed E-state index contributed by atoms with van der Waals surface area (Å²) in [5.74, 6) is 0.606. The Balaban J connectivity index is 1.47. The van der Waals surface area contributed by atoms with Crippen molar-refractivity contribution in [2.45, 2.75) is 52.4 Å². The Kier molecular flexibility index (Phi) is 6.88. The first-order chi connectivity index (χ1) is 15.7. The summed E-state index contributed by atoms with van der Waals surface area (Å²) in [5.41, 5.74) is 3.10. The van der Waals surface area contributed by atoms with Crippen LogP contribution >= 0.6 is 0 Å². The zero-order valence-corrected chi connectivity index (χ0v) is 19.2. The molecule has 0 amide bonds. The molecule has 0 aliphatic carbocycles. The molecule has 1 aromatic heterocycles. The van der Waals surface area contributed by atoms with Crippen LogP contribution in [-0.4, -0.2) is 40.6 Å². The molecule has 1 aliphatic rings. The molecule has 2 aromatic carbocycles. The van der Waals surface area contributed by atoms with Crippen LogP contribution in [0.4, 0.5) is 13.2 Å². The van der Waals surface area contributed by atoms with Gasteiger partial charge in [-0.2, -0.15) is 0 Å². The molecule has 1 saturated heterocycles. The number of alkyl halides is 3. The van der Waals surface area contributed by atoms with Gasteiger partial charge in [-0.15, -0.1) is 13.2 Å². The maximum Gasteiger partial charge on any atom is 0.573 e. The number of aromatic hydroxyl groups is 1. The van der Waals surface area contributed by atoms with Crippen molar-refractivity contribution in [1.29, 1.82) is 0 Å². The fourth-order valence-corrected chi connectivity index (χ4v) is 4.97. The molecule has 4 rings (SSSR count). The number of likely N-dealkylation sites (tertiary alicyclic amines) is 1. The molecule has 1 aliphatic heterocycles. The topological polar surface area (TPSA) is 37.6 Å². The van der Waals surface area contributed by atoms with Gasteiger partial charge in [-0.1, -0.05) is 25.1 Å². The molecule has 0 atom stereocenters. The van der Waals surface area contributed by atoms with Crippen molar-refractivity contribution in [3.8, 4) is 11.6 Å². The molecule has 33 heavy (non-hydrogen) atoms. The summed E-state index contributed by atoms with van der Waals surface area (Å²) in [6, 6.07) is 10.1. The Morgan fingerprint density at radius 3 is 2.39 bits per heavy atom. The number of nitrogens with zero attached hydrogens (tertiary/aromatic N) is 2. The van der Waals surface area contributed by atoms with Crippen molar-refractivity contribution >= 4 is 10.8 Å². The van der Waals surface area contributed by atoms with Gasteiger partial charge < -0.3 is 19.3 Å². The number of hydrogen-bond acceptors (Lipinski definition) is 3. The van der Waals surface area contributed by atoms with Crippen LogP contribution in [0, 0.1) is 12.8 Å². The number of fused-ring (bicyclic) bond motifs is 1. The second-order valence-electron chi connectivity index (χ2n) is 9.14. The molecular formula is C26H31F3N2O2. The van der Waals surface area contributed by atoms with Crippen molar-refractivity contribution in [2.24, 2.45) is 5.92 Å². The highest BCUT2D eigenvalue weighted by Gasteiger charge is 2.31. The van der Waals surface area contributed by atoms with E-state index in [2.05, 4.69) is 28.7 Å². The highest BCUT2D eigenvalue weighted by molar-refractivity contribution is 5.91. The summed E-state index contributed by atoms with van der Waals surface area (Å²) in [7, 11) is 0. The third-order valence-electron chi connectivity index (χ3n) is 6.50. The van der Waals surface area contributed by atoms with Crippen molar-refractivity contribution in [3.05, 3.63) is 59.3 Å². The minimum Gasteiger partial charge on any atom is -0.494 e. The molecule has 0 saturated carbocycles. The van der Waals surface area contributed by atoms with Crippen LogP contribution in [0.5, 0.6) is 11.6 Å². The van der Waals surface area contributed by atoms with E-state index in [-0.39, 0.29) is 11.6 Å². The molecule has 0 spiro atoms. The van der Waals surface area contributed by atoms with Crippen LogP contribution in [0.15, 0.2) is 42.6 Å². The van der Waals surface area contributed by atoms with E-state index in [1.807, 2.05) is 13.1 Å². The summed E-state index contributed by atoms with van der Waals surface area (Å²) in [6.07, 6.45) is 1.90. The first kappa shape index (κ1) is 23.5. The van der Waals surface area contributed by atoms with Gasteiger partial charge in [0, 0.05) is 17.0 Å². The molecule has 7 heteroatoms.